The normalized spacial score (nSPS) is 10.2. The molecule has 0 spiro atoms. The molecule has 0 saturated heterocycles. The van der Waals surface area contributed by atoms with Crippen molar-refractivity contribution < 1.29 is 17.9 Å². The predicted molar refractivity (Wildman–Crippen MR) is 42.7 cm³/mol. The monoisotopic (exact) mass is 209 g/mol. The van der Waals surface area contributed by atoms with Crippen molar-refractivity contribution in [3.05, 3.63) is 22.2 Å². The van der Waals surface area contributed by atoms with E-state index >= 15 is 0 Å². The summed E-state index contributed by atoms with van der Waals surface area (Å²) in [5, 5.41) is 0. The lowest BCUT2D eigenvalue weighted by atomic mass is 10.4. The van der Waals surface area contributed by atoms with Gasteiger partial charge in [-0.15, -0.1) is 0 Å². The van der Waals surface area contributed by atoms with Crippen molar-refractivity contribution in [2.24, 2.45) is 0 Å². The summed E-state index contributed by atoms with van der Waals surface area (Å²) in [5.74, 6) is -4.90. The lowest BCUT2D eigenvalue weighted by Crippen LogP contribution is -2.02. The fourth-order valence-electron chi connectivity index (χ4n) is 0.780. The molecule has 0 amide bonds. The Morgan fingerprint density at radius 2 is 1.92 bits per heavy atom. The molecule has 0 bridgehead atoms. The molecule has 2 nitrogen and oxygen atoms in total. The third-order valence-corrected chi connectivity index (χ3v) is 1.59. The van der Waals surface area contributed by atoms with E-state index in [4.69, 9.17) is 0 Å². The molecule has 6 heteroatoms. The number of hydrogen-bond acceptors (Lipinski definition) is 2. The maximum Gasteiger partial charge on any atom is 0.231 e. The van der Waals surface area contributed by atoms with Gasteiger partial charge in [0.25, 0.3) is 0 Å². The average molecular weight is 209 g/mol. The van der Waals surface area contributed by atoms with E-state index in [1.807, 2.05) is 4.98 Å². The van der Waals surface area contributed by atoms with Gasteiger partial charge < -0.3 is 9.72 Å². The lowest BCUT2D eigenvalue weighted by molar-refractivity contribution is 0.302. The Kier molecular flexibility index (Phi) is 2.92. The molecule has 0 aliphatic carbocycles. The Balaban J connectivity index is 3.35. The molecule has 72 valence electrons. The number of halogens is 3. The van der Waals surface area contributed by atoms with Crippen LogP contribution in [0.4, 0.5) is 13.2 Å². The maximum absolute atomic E-state index is 12.9. The van der Waals surface area contributed by atoms with Crippen molar-refractivity contribution in [3.63, 3.8) is 0 Å². The van der Waals surface area contributed by atoms with Gasteiger partial charge in [0.1, 0.15) is 0 Å². The summed E-state index contributed by atoms with van der Waals surface area (Å²) < 4.78 is 42.3. The van der Waals surface area contributed by atoms with E-state index in [9.17, 15) is 13.2 Å². The summed E-state index contributed by atoms with van der Waals surface area (Å²) in [7, 11) is 0. The molecule has 1 rings (SSSR count). The highest BCUT2D eigenvalue weighted by atomic mass is 32.1. The fraction of sp³-hybridized carbons (Fsp3) is 0.286. The van der Waals surface area contributed by atoms with Crippen LogP contribution in [0.3, 0.4) is 0 Å². The number of rotatable bonds is 2. The number of pyridine rings is 1. The zero-order valence-corrected chi connectivity index (χ0v) is 7.47. The second-order valence-corrected chi connectivity index (χ2v) is 2.57. The van der Waals surface area contributed by atoms with E-state index in [0.29, 0.717) is 0 Å². The van der Waals surface area contributed by atoms with Crippen LogP contribution in [-0.2, 0) is 0 Å². The molecular weight excluding hydrogens is 203 g/mol. The van der Waals surface area contributed by atoms with Gasteiger partial charge in [-0.05, 0) is 6.92 Å². The van der Waals surface area contributed by atoms with Crippen LogP contribution in [0, 0.1) is 22.2 Å². The van der Waals surface area contributed by atoms with Gasteiger partial charge in [-0.3, -0.25) is 0 Å². The molecule has 1 aromatic rings. The lowest BCUT2D eigenvalue weighted by Gasteiger charge is -2.05. The van der Waals surface area contributed by atoms with Crippen LogP contribution in [0.2, 0.25) is 0 Å². The van der Waals surface area contributed by atoms with Crippen molar-refractivity contribution in [1.82, 2.24) is 4.98 Å². The first-order valence-corrected chi connectivity index (χ1v) is 3.88. The van der Waals surface area contributed by atoms with E-state index in [0.717, 1.165) is 0 Å². The van der Waals surface area contributed by atoms with Crippen molar-refractivity contribution in [2.75, 3.05) is 6.61 Å². The van der Waals surface area contributed by atoms with Crippen LogP contribution in [0.25, 0.3) is 0 Å². The summed E-state index contributed by atoms with van der Waals surface area (Å²) >= 11 is 4.52. The van der Waals surface area contributed by atoms with E-state index < -0.39 is 23.3 Å². The van der Waals surface area contributed by atoms with Crippen molar-refractivity contribution in [2.45, 2.75) is 6.92 Å². The first-order valence-electron chi connectivity index (χ1n) is 3.47. The van der Waals surface area contributed by atoms with Crippen LogP contribution in [0.1, 0.15) is 6.92 Å². The summed E-state index contributed by atoms with van der Waals surface area (Å²) in [6.45, 7) is 1.70. The molecule has 0 aliphatic rings. The summed E-state index contributed by atoms with van der Waals surface area (Å²) in [6, 6.07) is 0. The fourth-order valence-corrected chi connectivity index (χ4v) is 1.02. The number of ether oxygens (including phenoxy) is 1. The van der Waals surface area contributed by atoms with Gasteiger partial charge in [0.05, 0.1) is 6.61 Å². The minimum Gasteiger partial charge on any atom is -0.488 e. The van der Waals surface area contributed by atoms with Gasteiger partial charge in [-0.1, -0.05) is 12.2 Å². The highest BCUT2D eigenvalue weighted by molar-refractivity contribution is 7.71. The van der Waals surface area contributed by atoms with Gasteiger partial charge in [0, 0.05) is 0 Å². The second kappa shape index (κ2) is 3.78. The van der Waals surface area contributed by atoms with Crippen LogP contribution < -0.4 is 4.74 Å². The SMILES string of the molecule is CCOc1c(F)c(F)c(F)[nH]c1=S. The Morgan fingerprint density at radius 3 is 2.46 bits per heavy atom. The van der Waals surface area contributed by atoms with Gasteiger partial charge >= 0.3 is 0 Å². The van der Waals surface area contributed by atoms with Crippen LogP contribution in [0.5, 0.6) is 5.75 Å². The van der Waals surface area contributed by atoms with Gasteiger partial charge in [0.15, 0.2) is 10.4 Å². The zero-order valence-electron chi connectivity index (χ0n) is 6.66. The van der Waals surface area contributed by atoms with E-state index in [1.54, 1.807) is 6.92 Å². The summed E-state index contributed by atoms with van der Waals surface area (Å²) in [4.78, 5) is 1.84. The quantitative estimate of drug-likeness (QED) is 0.598. The topological polar surface area (TPSA) is 25.0 Å². The number of aromatic amines is 1. The Morgan fingerprint density at radius 1 is 1.31 bits per heavy atom. The molecule has 0 radical (unpaired) electrons. The smallest absolute Gasteiger partial charge is 0.231 e. The third kappa shape index (κ3) is 1.82. The molecule has 1 N–H and O–H groups in total. The number of H-pyrrole nitrogens is 1. The molecule has 0 unspecified atom stereocenters. The minimum absolute atomic E-state index is 0.124. The van der Waals surface area contributed by atoms with E-state index in [-0.39, 0.29) is 11.2 Å². The van der Waals surface area contributed by atoms with Crippen molar-refractivity contribution >= 4 is 12.2 Å². The molecular formula is C7H6F3NOS. The Hall–Kier alpha value is -1.04. The van der Waals surface area contributed by atoms with Gasteiger partial charge in [-0.25, -0.2) is 0 Å². The summed E-state index contributed by atoms with van der Waals surface area (Å²) in [5.41, 5.74) is 0. The Bertz CT molecular complexity index is 377. The van der Waals surface area contributed by atoms with Gasteiger partial charge in [0.2, 0.25) is 17.6 Å². The van der Waals surface area contributed by atoms with Crippen LogP contribution >= 0.6 is 12.2 Å². The average Bonchev–Trinajstić information content (AvgIpc) is 2.09. The van der Waals surface area contributed by atoms with Crippen LogP contribution in [0.15, 0.2) is 0 Å². The maximum atomic E-state index is 12.9. The van der Waals surface area contributed by atoms with Crippen LogP contribution in [-0.4, -0.2) is 11.6 Å². The second-order valence-electron chi connectivity index (χ2n) is 2.16. The highest BCUT2D eigenvalue weighted by Gasteiger charge is 2.16. The molecule has 1 heterocycles. The Labute approximate surface area is 77.3 Å². The first-order chi connectivity index (χ1) is 6.07. The largest absolute Gasteiger partial charge is 0.488 e. The standard InChI is InChI=1S/C7H6F3NOS/c1-2-12-5-3(8)4(9)6(10)11-7(5)13/h2H2,1H3,(H,11,13). The van der Waals surface area contributed by atoms with Gasteiger partial charge in [-0.2, -0.15) is 13.2 Å². The van der Waals surface area contributed by atoms with E-state index in [2.05, 4.69) is 17.0 Å². The zero-order chi connectivity index (χ0) is 10.0. The highest BCUT2D eigenvalue weighted by Crippen LogP contribution is 2.21. The number of aromatic nitrogens is 1. The number of hydrogen-bond donors (Lipinski definition) is 1. The predicted octanol–water partition coefficient (Wildman–Crippen LogP) is 2.56. The molecule has 0 fully saturated rings. The van der Waals surface area contributed by atoms with Crippen molar-refractivity contribution in [3.8, 4) is 5.75 Å². The first kappa shape index (κ1) is 10.0. The molecule has 0 atom stereocenters. The third-order valence-electron chi connectivity index (χ3n) is 1.30. The number of nitrogens with one attached hydrogen (secondary N) is 1. The minimum atomic E-state index is -1.61. The van der Waals surface area contributed by atoms with Crippen molar-refractivity contribution in [1.29, 1.82) is 0 Å². The molecule has 0 aromatic carbocycles. The molecule has 0 saturated carbocycles. The summed E-state index contributed by atoms with van der Waals surface area (Å²) in [6.07, 6.45) is 0. The molecule has 1 aromatic heterocycles. The molecule has 13 heavy (non-hydrogen) atoms. The molecule has 0 aliphatic heterocycles. The van der Waals surface area contributed by atoms with E-state index in [1.165, 1.54) is 0 Å².